The molecule has 0 saturated carbocycles. The van der Waals surface area contributed by atoms with Crippen molar-refractivity contribution < 1.29 is 4.79 Å². The van der Waals surface area contributed by atoms with Gasteiger partial charge in [-0.05, 0) is 48.3 Å². The van der Waals surface area contributed by atoms with Gasteiger partial charge in [0.2, 0.25) is 5.91 Å². The van der Waals surface area contributed by atoms with Gasteiger partial charge in [0, 0.05) is 18.0 Å². The van der Waals surface area contributed by atoms with Gasteiger partial charge >= 0.3 is 5.69 Å². The van der Waals surface area contributed by atoms with E-state index >= 15 is 0 Å². The van der Waals surface area contributed by atoms with Crippen molar-refractivity contribution in [3.8, 4) is 0 Å². The van der Waals surface area contributed by atoms with E-state index in [0.29, 0.717) is 24.7 Å². The number of hydrogen-bond acceptors (Lipinski definition) is 5. The molecule has 1 amide bonds. The highest BCUT2D eigenvalue weighted by Gasteiger charge is 2.26. The van der Waals surface area contributed by atoms with Crippen LogP contribution in [0.3, 0.4) is 0 Å². The van der Waals surface area contributed by atoms with Gasteiger partial charge in [-0.2, -0.15) is 0 Å². The van der Waals surface area contributed by atoms with E-state index in [-0.39, 0.29) is 18.1 Å². The lowest BCUT2D eigenvalue weighted by Gasteiger charge is -2.28. The van der Waals surface area contributed by atoms with Crippen LogP contribution in [0.1, 0.15) is 34.9 Å². The molecule has 1 aliphatic carbocycles. The molecule has 0 unspecified atom stereocenters. The maximum Gasteiger partial charge on any atom is 0.352 e. The summed E-state index contributed by atoms with van der Waals surface area (Å²) in [6.07, 6.45) is 5.58. The zero-order valence-corrected chi connectivity index (χ0v) is 18.2. The first-order valence-electron chi connectivity index (χ1n) is 10.8. The van der Waals surface area contributed by atoms with E-state index in [1.54, 1.807) is 17.7 Å². The predicted molar refractivity (Wildman–Crippen MR) is 119 cm³/mol. The van der Waals surface area contributed by atoms with Crippen molar-refractivity contribution in [3.05, 3.63) is 62.6 Å². The van der Waals surface area contributed by atoms with Gasteiger partial charge < -0.3 is 4.90 Å². The average molecular weight is 434 g/mol. The van der Waals surface area contributed by atoms with Crippen LogP contribution in [0.5, 0.6) is 0 Å². The van der Waals surface area contributed by atoms with E-state index < -0.39 is 0 Å². The predicted octanol–water partition coefficient (Wildman–Crippen LogP) is 2.82. The third kappa shape index (κ3) is 3.00. The summed E-state index contributed by atoms with van der Waals surface area (Å²) in [5.74, 6) is 0.592. The molecule has 1 atom stereocenters. The van der Waals surface area contributed by atoms with E-state index in [2.05, 4.69) is 29.1 Å². The zero-order valence-electron chi connectivity index (χ0n) is 17.4. The molecule has 158 valence electrons. The molecule has 0 saturated heterocycles. The molecular formula is C23H23N5O2S. The Morgan fingerprint density at radius 3 is 2.94 bits per heavy atom. The molecule has 6 rings (SSSR count). The van der Waals surface area contributed by atoms with Gasteiger partial charge in [0.25, 0.3) is 0 Å². The van der Waals surface area contributed by atoms with Crippen molar-refractivity contribution in [3.63, 3.8) is 0 Å². The largest absolute Gasteiger partial charge is 0.352 e. The third-order valence-electron chi connectivity index (χ3n) is 6.65. The van der Waals surface area contributed by atoms with Gasteiger partial charge in [0.05, 0.1) is 5.39 Å². The number of carbonyl (C=O) groups is 1. The topological polar surface area (TPSA) is 72.5 Å². The summed E-state index contributed by atoms with van der Waals surface area (Å²) < 4.78 is 2.79. The molecule has 4 heterocycles. The lowest BCUT2D eigenvalue weighted by molar-refractivity contribution is -0.133. The maximum absolute atomic E-state index is 13.0. The van der Waals surface area contributed by atoms with Crippen LogP contribution in [-0.4, -0.2) is 36.5 Å². The first-order valence-corrected chi connectivity index (χ1v) is 11.6. The Morgan fingerprint density at radius 1 is 1.23 bits per heavy atom. The van der Waals surface area contributed by atoms with Gasteiger partial charge in [0.15, 0.2) is 5.65 Å². The van der Waals surface area contributed by atoms with Gasteiger partial charge in [-0.3, -0.25) is 4.79 Å². The smallest absolute Gasteiger partial charge is 0.336 e. The van der Waals surface area contributed by atoms with E-state index in [1.807, 2.05) is 17.0 Å². The minimum absolute atomic E-state index is 0.0481. The van der Waals surface area contributed by atoms with Crippen molar-refractivity contribution in [1.82, 2.24) is 24.1 Å². The maximum atomic E-state index is 13.0. The fourth-order valence-corrected chi connectivity index (χ4v) is 6.25. The van der Waals surface area contributed by atoms with Crippen molar-refractivity contribution in [2.45, 2.75) is 45.7 Å². The molecule has 2 aliphatic rings. The number of aromatic nitrogens is 4. The average Bonchev–Trinajstić information content (AvgIpc) is 3.30. The second kappa shape index (κ2) is 7.02. The molecule has 0 spiro atoms. The summed E-state index contributed by atoms with van der Waals surface area (Å²) >= 11 is 1.71. The molecule has 8 heteroatoms. The summed E-state index contributed by atoms with van der Waals surface area (Å²) in [6, 6.07) is 8.21. The third-order valence-corrected chi connectivity index (χ3v) is 7.81. The molecule has 1 aliphatic heterocycles. The minimum atomic E-state index is -0.306. The Balaban J connectivity index is 1.35. The van der Waals surface area contributed by atoms with Crippen molar-refractivity contribution >= 4 is 33.1 Å². The molecule has 31 heavy (non-hydrogen) atoms. The van der Waals surface area contributed by atoms with Crippen LogP contribution in [0.25, 0.3) is 15.9 Å². The summed E-state index contributed by atoms with van der Waals surface area (Å²) in [7, 11) is 0. The van der Waals surface area contributed by atoms with Gasteiger partial charge in [-0.25, -0.2) is 18.9 Å². The monoisotopic (exact) mass is 433 g/mol. The van der Waals surface area contributed by atoms with E-state index in [0.717, 1.165) is 35.9 Å². The fourth-order valence-electron chi connectivity index (χ4n) is 4.90. The van der Waals surface area contributed by atoms with Crippen LogP contribution in [-0.2, 0) is 37.1 Å². The second-order valence-electron chi connectivity index (χ2n) is 8.74. The first kappa shape index (κ1) is 18.7. The fraction of sp³-hybridized carbons (Fsp3) is 0.391. The molecule has 0 radical (unpaired) electrons. The van der Waals surface area contributed by atoms with Gasteiger partial charge in [0.1, 0.15) is 17.7 Å². The molecular weight excluding hydrogens is 410 g/mol. The summed E-state index contributed by atoms with van der Waals surface area (Å²) in [4.78, 5) is 34.6. The molecule has 0 fully saturated rings. The van der Waals surface area contributed by atoms with Crippen LogP contribution in [0.2, 0.25) is 0 Å². The molecule has 7 nitrogen and oxygen atoms in total. The van der Waals surface area contributed by atoms with Crippen LogP contribution in [0.4, 0.5) is 0 Å². The minimum Gasteiger partial charge on any atom is -0.336 e. The quantitative estimate of drug-likeness (QED) is 0.487. The number of aryl methyl sites for hydroxylation is 1. The van der Waals surface area contributed by atoms with E-state index in [9.17, 15) is 9.59 Å². The van der Waals surface area contributed by atoms with Crippen molar-refractivity contribution in [2.75, 3.05) is 6.54 Å². The molecule has 3 aromatic heterocycles. The standard InChI is InChI=1S/C23H23N5O2S/c1-14-6-7-17-18(10-14)31-22-20(17)21-25-28(23(30)27(21)13-24-22)12-19(29)26-9-8-15-4-2-3-5-16(15)11-26/h2-5,13-14H,6-12H2,1H3/t14-/m0/s1. The summed E-state index contributed by atoms with van der Waals surface area (Å²) in [5.41, 5.74) is 4.07. The number of nitrogens with zero attached hydrogens (tertiary/aromatic N) is 5. The van der Waals surface area contributed by atoms with Gasteiger partial charge in [-0.1, -0.05) is 31.2 Å². The Hall–Kier alpha value is -3.00. The first-order chi connectivity index (χ1) is 15.1. The lowest BCUT2D eigenvalue weighted by Crippen LogP contribution is -2.39. The SMILES string of the molecule is C[C@H]1CCc2c(sc3ncn4c(=O)n(CC(=O)N5CCc6ccccc6C5)nc4c23)C1. The second-order valence-corrected chi connectivity index (χ2v) is 9.83. The Labute approximate surface area is 182 Å². The lowest BCUT2D eigenvalue weighted by atomic mass is 9.89. The highest BCUT2D eigenvalue weighted by molar-refractivity contribution is 7.19. The highest BCUT2D eigenvalue weighted by atomic mass is 32.1. The zero-order chi connectivity index (χ0) is 21.1. The molecule has 0 N–H and O–H groups in total. The number of hydrogen-bond donors (Lipinski definition) is 0. The number of carbonyl (C=O) groups excluding carboxylic acids is 1. The Bertz CT molecular complexity index is 1400. The molecule has 0 bridgehead atoms. The van der Waals surface area contributed by atoms with Crippen LogP contribution < -0.4 is 5.69 Å². The van der Waals surface area contributed by atoms with E-state index in [1.165, 1.54) is 30.6 Å². The number of fused-ring (bicyclic) bond motifs is 6. The van der Waals surface area contributed by atoms with Crippen molar-refractivity contribution in [2.24, 2.45) is 5.92 Å². The van der Waals surface area contributed by atoms with E-state index in [4.69, 9.17) is 0 Å². The normalized spacial score (nSPS) is 18.4. The number of amides is 1. The summed E-state index contributed by atoms with van der Waals surface area (Å²) in [5, 5.41) is 5.60. The summed E-state index contributed by atoms with van der Waals surface area (Å²) in [6.45, 7) is 3.48. The molecule has 1 aromatic carbocycles. The number of rotatable bonds is 2. The van der Waals surface area contributed by atoms with Crippen LogP contribution in [0, 0.1) is 5.92 Å². The van der Waals surface area contributed by atoms with Crippen LogP contribution >= 0.6 is 11.3 Å². The van der Waals surface area contributed by atoms with Crippen LogP contribution in [0.15, 0.2) is 35.4 Å². The highest BCUT2D eigenvalue weighted by Crippen LogP contribution is 2.38. The molecule has 4 aromatic rings. The Kier molecular flexibility index (Phi) is 4.24. The number of thiophene rings is 1. The Morgan fingerprint density at radius 2 is 2.06 bits per heavy atom. The number of benzene rings is 1. The van der Waals surface area contributed by atoms with Crippen molar-refractivity contribution in [1.29, 1.82) is 0 Å². The van der Waals surface area contributed by atoms with Gasteiger partial charge in [-0.15, -0.1) is 16.4 Å².